The number of rotatable bonds is 6. The molecule has 0 aliphatic rings. The quantitative estimate of drug-likeness (QED) is 0.458. The van der Waals surface area contributed by atoms with E-state index < -0.39 is 0 Å². The second-order valence-electron chi connectivity index (χ2n) is 4.42. The zero-order chi connectivity index (χ0) is 13.5. The van der Waals surface area contributed by atoms with E-state index >= 15 is 0 Å². The van der Waals surface area contributed by atoms with Gasteiger partial charge in [-0.3, -0.25) is 4.79 Å². The molecule has 2 rings (SSSR count). The summed E-state index contributed by atoms with van der Waals surface area (Å²) in [6, 6.07) is 17.9. The fraction of sp³-hybridized carbons (Fsp3) is 0.188. The molecule has 0 N–H and O–H groups in total. The molecule has 0 fully saturated rings. The first-order valence-electron chi connectivity index (χ1n) is 6.64. The van der Waals surface area contributed by atoms with Gasteiger partial charge in [0.1, 0.15) is 5.75 Å². The molecule has 2 aromatic carbocycles. The molecule has 0 saturated carbocycles. The first kappa shape index (κ1) is 13.6. The van der Waals surface area contributed by atoms with Crippen molar-refractivity contribution in [1.29, 1.82) is 0 Å². The van der Waals surface area contributed by atoms with E-state index in [2.05, 4.69) is 0 Å². The Hall–Kier alpha value is -1.87. The average Bonchev–Trinajstić information content (AvgIpc) is 2.48. The van der Waals surface area contributed by atoms with Crippen LogP contribution in [0.2, 0.25) is 6.04 Å². The highest BCUT2D eigenvalue weighted by atomic mass is 28.1. The van der Waals surface area contributed by atoms with E-state index in [1.807, 2.05) is 54.6 Å². The van der Waals surface area contributed by atoms with Crippen LogP contribution < -0.4 is 4.74 Å². The van der Waals surface area contributed by atoms with E-state index in [1.165, 1.54) is 16.3 Å². The van der Waals surface area contributed by atoms with Gasteiger partial charge in [0.15, 0.2) is 5.78 Å². The maximum Gasteiger partial charge on any atom is 0.193 e. The molecule has 0 bridgehead atoms. The fourth-order valence-corrected chi connectivity index (χ4v) is 2.08. The first-order valence-corrected chi connectivity index (χ1v) is 8.05. The molecule has 98 valence electrons. The lowest BCUT2D eigenvalue weighted by molar-refractivity contribution is 0.103. The van der Waals surface area contributed by atoms with Crippen LogP contribution in [0.1, 0.15) is 22.3 Å². The predicted octanol–water partition coefficient (Wildman–Crippen LogP) is 2.47. The highest BCUT2D eigenvalue weighted by Gasteiger charge is 2.08. The molecule has 19 heavy (non-hydrogen) atoms. The van der Waals surface area contributed by atoms with Crippen molar-refractivity contribution in [3.8, 4) is 5.75 Å². The van der Waals surface area contributed by atoms with Crippen LogP contribution in [0.15, 0.2) is 54.6 Å². The van der Waals surface area contributed by atoms with Crippen LogP contribution in [0, 0.1) is 0 Å². The van der Waals surface area contributed by atoms with E-state index in [9.17, 15) is 4.79 Å². The van der Waals surface area contributed by atoms with Gasteiger partial charge >= 0.3 is 0 Å². The molecule has 0 radical (unpaired) electrons. The molecule has 0 amide bonds. The minimum Gasteiger partial charge on any atom is -0.494 e. The number of hydrogen-bond donors (Lipinski definition) is 0. The lowest BCUT2D eigenvalue weighted by atomic mass is 10.0. The largest absolute Gasteiger partial charge is 0.494 e. The Kier molecular flexibility index (Phi) is 4.92. The molecule has 3 heteroatoms. The molecule has 0 unspecified atom stereocenters. The summed E-state index contributed by atoms with van der Waals surface area (Å²) in [4.78, 5) is 12.2. The maximum atomic E-state index is 12.2. The van der Waals surface area contributed by atoms with Crippen molar-refractivity contribution < 1.29 is 9.53 Å². The molecule has 0 heterocycles. The summed E-state index contributed by atoms with van der Waals surface area (Å²) < 4.78 is 5.60. The van der Waals surface area contributed by atoms with Crippen molar-refractivity contribution in [2.75, 3.05) is 6.61 Å². The van der Waals surface area contributed by atoms with E-state index in [1.54, 1.807) is 0 Å². The maximum absolute atomic E-state index is 12.2. The number of benzene rings is 2. The minimum absolute atomic E-state index is 0.0479. The normalized spacial score (nSPS) is 10.3. The van der Waals surface area contributed by atoms with Gasteiger partial charge < -0.3 is 4.74 Å². The van der Waals surface area contributed by atoms with Crippen LogP contribution in [-0.4, -0.2) is 22.6 Å². The van der Waals surface area contributed by atoms with Gasteiger partial charge in [0.2, 0.25) is 0 Å². The van der Waals surface area contributed by atoms with E-state index in [-0.39, 0.29) is 5.78 Å². The Labute approximate surface area is 116 Å². The van der Waals surface area contributed by atoms with Crippen LogP contribution in [-0.2, 0) is 0 Å². The Balaban J connectivity index is 2.04. The van der Waals surface area contributed by atoms with Gasteiger partial charge in [-0.15, -0.1) is 0 Å². The number of carbonyl (C=O) groups is 1. The molecule has 2 nitrogen and oxygen atoms in total. The fourth-order valence-electron chi connectivity index (χ4n) is 1.79. The van der Waals surface area contributed by atoms with Gasteiger partial charge in [0.05, 0.1) is 6.61 Å². The molecule has 0 atom stereocenters. The second-order valence-corrected chi connectivity index (χ2v) is 5.42. The van der Waals surface area contributed by atoms with Crippen LogP contribution in [0.25, 0.3) is 0 Å². The van der Waals surface area contributed by atoms with Gasteiger partial charge in [-0.1, -0.05) is 36.4 Å². The zero-order valence-corrected chi connectivity index (χ0v) is 13.1. The van der Waals surface area contributed by atoms with Crippen LogP contribution in [0.3, 0.4) is 0 Å². The second kappa shape index (κ2) is 6.90. The zero-order valence-electron chi connectivity index (χ0n) is 11.1. The Bertz CT molecular complexity index is 520. The van der Waals surface area contributed by atoms with Crippen LogP contribution >= 0.6 is 0 Å². The van der Waals surface area contributed by atoms with Gasteiger partial charge in [0.25, 0.3) is 0 Å². The van der Waals surface area contributed by atoms with Crippen LogP contribution in [0.4, 0.5) is 0 Å². The smallest absolute Gasteiger partial charge is 0.193 e. The Morgan fingerprint density at radius 2 is 1.58 bits per heavy atom. The molecule has 2 aromatic rings. The topological polar surface area (TPSA) is 26.3 Å². The number of ketones is 1. The molecule has 0 aromatic heterocycles. The standard InChI is InChI=1S/C16H18O2Si/c17-16(13-5-2-1-3-6-13)14-7-9-15(10-8-14)18-11-4-12-19/h1-3,5-10H,4,11-12H2,19H3. The summed E-state index contributed by atoms with van der Waals surface area (Å²) in [5.41, 5.74) is 1.41. The summed E-state index contributed by atoms with van der Waals surface area (Å²) in [6.07, 6.45) is 1.11. The third-order valence-corrected chi connectivity index (χ3v) is 3.63. The molecular weight excluding hydrogens is 252 g/mol. The highest BCUT2D eigenvalue weighted by molar-refractivity contribution is 6.09. The SMILES string of the molecule is O=C(c1ccccc1)c1ccc(OCCC[SiH3])cc1. The number of ether oxygens (including phenoxy) is 1. The summed E-state index contributed by atoms with van der Waals surface area (Å²) >= 11 is 0. The number of carbonyl (C=O) groups excluding carboxylic acids is 1. The van der Waals surface area contributed by atoms with E-state index in [4.69, 9.17) is 4.74 Å². The highest BCUT2D eigenvalue weighted by Crippen LogP contribution is 2.15. The summed E-state index contributed by atoms with van der Waals surface area (Å²) in [5.74, 6) is 0.881. The molecule has 0 spiro atoms. The average molecular weight is 270 g/mol. The first-order chi connectivity index (χ1) is 9.31. The summed E-state index contributed by atoms with van der Waals surface area (Å²) in [6.45, 7) is 0.759. The monoisotopic (exact) mass is 270 g/mol. The van der Waals surface area contributed by atoms with Gasteiger partial charge in [-0.05, 0) is 30.7 Å². The van der Waals surface area contributed by atoms with Crippen molar-refractivity contribution in [2.45, 2.75) is 12.5 Å². The molecular formula is C16H18O2Si. The van der Waals surface area contributed by atoms with Crippen molar-refractivity contribution in [3.63, 3.8) is 0 Å². The van der Waals surface area contributed by atoms with Gasteiger partial charge in [0, 0.05) is 21.4 Å². The van der Waals surface area contributed by atoms with Crippen LogP contribution in [0.5, 0.6) is 5.75 Å². The Morgan fingerprint density at radius 1 is 0.947 bits per heavy atom. The lowest BCUT2D eigenvalue weighted by Crippen LogP contribution is -2.01. The van der Waals surface area contributed by atoms with E-state index in [0.717, 1.165) is 18.8 Å². The van der Waals surface area contributed by atoms with Crippen molar-refractivity contribution >= 4 is 16.0 Å². The molecule has 0 aliphatic carbocycles. The summed E-state index contributed by atoms with van der Waals surface area (Å²) in [7, 11) is 1.22. The Morgan fingerprint density at radius 3 is 2.21 bits per heavy atom. The molecule has 0 aliphatic heterocycles. The number of hydrogen-bond acceptors (Lipinski definition) is 2. The van der Waals surface area contributed by atoms with Gasteiger partial charge in [-0.25, -0.2) is 0 Å². The van der Waals surface area contributed by atoms with Crippen molar-refractivity contribution in [1.82, 2.24) is 0 Å². The van der Waals surface area contributed by atoms with Gasteiger partial charge in [-0.2, -0.15) is 0 Å². The third kappa shape index (κ3) is 3.79. The molecule has 0 saturated heterocycles. The van der Waals surface area contributed by atoms with Crippen molar-refractivity contribution in [3.05, 3.63) is 65.7 Å². The van der Waals surface area contributed by atoms with Crippen molar-refractivity contribution in [2.24, 2.45) is 0 Å². The minimum atomic E-state index is 0.0479. The predicted molar refractivity (Wildman–Crippen MR) is 81.2 cm³/mol. The lowest BCUT2D eigenvalue weighted by Gasteiger charge is -2.06. The third-order valence-electron chi connectivity index (χ3n) is 2.92. The summed E-state index contributed by atoms with van der Waals surface area (Å²) in [5, 5.41) is 0. The van der Waals surface area contributed by atoms with E-state index in [0.29, 0.717) is 11.1 Å².